The van der Waals surface area contributed by atoms with Crippen LogP contribution in [0, 0.1) is 5.92 Å². The van der Waals surface area contributed by atoms with E-state index >= 15 is 0 Å². The van der Waals surface area contributed by atoms with Crippen LogP contribution in [0.1, 0.15) is 18.4 Å². The fraction of sp³-hybridized carbons (Fsp3) is 0.562. The van der Waals surface area contributed by atoms with Gasteiger partial charge in [-0.2, -0.15) is 11.8 Å². The molecule has 1 N–H and O–H groups in total. The Balaban J connectivity index is 1.57. The van der Waals surface area contributed by atoms with Crippen LogP contribution in [-0.2, 0) is 11.2 Å². The zero-order valence-electron chi connectivity index (χ0n) is 12.0. The van der Waals surface area contributed by atoms with Crippen LogP contribution >= 0.6 is 11.8 Å². The first-order chi connectivity index (χ1) is 9.65. The molecule has 1 amide bonds. The third-order valence-corrected chi connectivity index (χ3v) is 4.72. The van der Waals surface area contributed by atoms with Crippen molar-refractivity contribution in [1.29, 1.82) is 0 Å². The van der Waals surface area contributed by atoms with Crippen LogP contribution in [0.3, 0.4) is 0 Å². The Kier molecular flexibility index (Phi) is 5.92. The fourth-order valence-electron chi connectivity index (χ4n) is 2.44. The quantitative estimate of drug-likeness (QED) is 0.784. The number of carbonyl (C=O) groups excluding carboxylic acids is 1. The summed E-state index contributed by atoms with van der Waals surface area (Å²) in [6.45, 7) is 0.787. The maximum absolute atomic E-state index is 12.0. The molecule has 1 aliphatic rings. The van der Waals surface area contributed by atoms with Gasteiger partial charge in [-0.1, -0.05) is 30.3 Å². The number of thioether (sulfide) groups is 1. The van der Waals surface area contributed by atoms with Gasteiger partial charge in [-0.15, -0.1) is 0 Å². The highest BCUT2D eigenvalue weighted by molar-refractivity contribution is 7.99. The molecular formula is C16H23NO2S. The van der Waals surface area contributed by atoms with Crippen LogP contribution in [-0.4, -0.2) is 47.1 Å². The molecular weight excluding hydrogens is 270 g/mol. The Morgan fingerprint density at radius 1 is 1.35 bits per heavy atom. The van der Waals surface area contributed by atoms with Crippen molar-refractivity contribution in [1.82, 2.24) is 4.90 Å². The number of amides is 1. The number of hydrogen-bond donors (Lipinski definition) is 1. The monoisotopic (exact) mass is 293 g/mol. The van der Waals surface area contributed by atoms with Gasteiger partial charge in [-0.3, -0.25) is 4.79 Å². The lowest BCUT2D eigenvalue weighted by Gasteiger charge is -2.34. The van der Waals surface area contributed by atoms with Gasteiger partial charge >= 0.3 is 0 Å². The van der Waals surface area contributed by atoms with E-state index < -0.39 is 0 Å². The number of hydrogen-bond acceptors (Lipinski definition) is 3. The van der Waals surface area contributed by atoms with Crippen LogP contribution < -0.4 is 0 Å². The summed E-state index contributed by atoms with van der Waals surface area (Å²) in [5, 5.41) is 9.24. The Morgan fingerprint density at radius 3 is 2.70 bits per heavy atom. The number of benzene rings is 1. The lowest BCUT2D eigenvalue weighted by molar-refractivity contribution is -0.128. The summed E-state index contributed by atoms with van der Waals surface area (Å²) in [5.41, 5.74) is 1.32. The summed E-state index contributed by atoms with van der Waals surface area (Å²) in [5.74, 6) is 2.22. The molecule has 20 heavy (non-hydrogen) atoms. The first kappa shape index (κ1) is 15.4. The molecule has 2 rings (SSSR count). The van der Waals surface area contributed by atoms with E-state index in [1.807, 2.05) is 30.1 Å². The average Bonchev–Trinajstić information content (AvgIpc) is 2.42. The van der Waals surface area contributed by atoms with Crippen molar-refractivity contribution in [2.45, 2.75) is 25.4 Å². The third kappa shape index (κ3) is 4.84. The predicted molar refractivity (Wildman–Crippen MR) is 83.8 cm³/mol. The molecule has 0 aromatic heterocycles. The van der Waals surface area contributed by atoms with Crippen molar-refractivity contribution < 1.29 is 9.90 Å². The summed E-state index contributed by atoms with van der Waals surface area (Å²) in [6, 6.07) is 10.4. The predicted octanol–water partition coefficient (Wildman–Crippen LogP) is 2.19. The standard InChI is InChI=1S/C16H23NO2S/c1-17(11-14-9-15(18)10-14)16(19)12-20-8-7-13-5-3-2-4-6-13/h2-6,14-15,18H,7-12H2,1H3. The number of aliphatic hydroxyl groups is 1. The molecule has 1 saturated carbocycles. The molecule has 0 bridgehead atoms. The zero-order chi connectivity index (χ0) is 14.4. The van der Waals surface area contributed by atoms with E-state index in [1.54, 1.807) is 11.8 Å². The molecule has 0 atom stereocenters. The zero-order valence-corrected chi connectivity index (χ0v) is 12.8. The third-order valence-electron chi connectivity index (χ3n) is 3.77. The van der Waals surface area contributed by atoms with E-state index in [0.717, 1.165) is 31.6 Å². The highest BCUT2D eigenvalue weighted by atomic mass is 32.2. The lowest BCUT2D eigenvalue weighted by Crippen LogP contribution is -2.40. The fourth-order valence-corrected chi connectivity index (χ4v) is 3.36. The molecule has 1 fully saturated rings. The van der Waals surface area contributed by atoms with Gasteiger partial charge in [0.05, 0.1) is 11.9 Å². The van der Waals surface area contributed by atoms with E-state index in [4.69, 9.17) is 0 Å². The minimum atomic E-state index is -0.135. The number of carbonyl (C=O) groups is 1. The Hall–Kier alpha value is -1.00. The van der Waals surface area contributed by atoms with E-state index in [2.05, 4.69) is 12.1 Å². The summed E-state index contributed by atoms with van der Waals surface area (Å²) in [7, 11) is 1.87. The topological polar surface area (TPSA) is 40.5 Å². The van der Waals surface area contributed by atoms with Crippen molar-refractivity contribution in [3.8, 4) is 0 Å². The van der Waals surface area contributed by atoms with E-state index in [1.165, 1.54) is 5.56 Å². The van der Waals surface area contributed by atoms with Crippen molar-refractivity contribution in [3.63, 3.8) is 0 Å². The van der Waals surface area contributed by atoms with Crippen LogP contribution in [0.5, 0.6) is 0 Å². The Bertz CT molecular complexity index is 418. The molecule has 1 aliphatic carbocycles. The number of aliphatic hydroxyl groups excluding tert-OH is 1. The summed E-state index contributed by atoms with van der Waals surface area (Å²) in [4.78, 5) is 13.8. The first-order valence-corrected chi connectivity index (χ1v) is 8.34. The molecule has 110 valence electrons. The van der Waals surface area contributed by atoms with E-state index in [0.29, 0.717) is 11.7 Å². The minimum absolute atomic E-state index is 0.135. The largest absolute Gasteiger partial charge is 0.393 e. The molecule has 0 spiro atoms. The normalized spacial score (nSPS) is 21.3. The SMILES string of the molecule is CN(CC1CC(O)C1)C(=O)CSCCc1ccccc1. The molecule has 3 nitrogen and oxygen atoms in total. The van der Waals surface area contributed by atoms with Crippen LogP contribution in [0.15, 0.2) is 30.3 Å². The van der Waals surface area contributed by atoms with Crippen molar-refractivity contribution in [2.75, 3.05) is 25.1 Å². The van der Waals surface area contributed by atoms with Crippen LogP contribution in [0.2, 0.25) is 0 Å². The van der Waals surface area contributed by atoms with Gasteiger partial charge in [0, 0.05) is 13.6 Å². The molecule has 1 aromatic rings. The van der Waals surface area contributed by atoms with Gasteiger partial charge in [-0.05, 0) is 36.5 Å². The van der Waals surface area contributed by atoms with E-state index in [-0.39, 0.29) is 12.0 Å². The summed E-state index contributed by atoms with van der Waals surface area (Å²) < 4.78 is 0. The highest BCUT2D eigenvalue weighted by Crippen LogP contribution is 2.27. The second-order valence-corrected chi connectivity index (χ2v) is 6.66. The minimum Gasteiger partial charge on any atom is -0.393 e. The van der Waals surface area contributed by atoms with Crippen LogP contribution in [0.25, 0.3) is 0 Å². The van der Waals surface area contributed by atoms with Crippen molar-refractivity contribution in [2.24, 2.45) is 5.92 Å². The Labute approximate surface area is 125 Å². The maximum atomic E-state index is 12.0. The Morgan fingerprint density at radius 2 is 2.05 bits per heavy atom. The lowest BCUT2D eigenvalue weighted by atomic mass is 9.82. The molecule has 0 radical (unpaired) electrons. The van der Waals surface area contributed by atoms with Gasteiger partial charge in [0.25, 0.3) is 0 Å². The maximum Gasteiger partial charge on any atom is 0.232 e. The second kappa shape index (κ2) is 7.70. The molecule has 0 unspecified atom stereocenters. The molecule has 4 heteroatoms. The van der Waals surface area contributed by atoms with Crippen molar-refractivity contribution in [3.05, 3.63) is 35.9 Å². The van der Waals surface area contributed by atoms with Crippen molar-refractivity contribution >= 4 is 17.7 Å². The molecule has 0 saturated heterocycles. The van der Waals surface area contributed by atoms with Gasteiger partial charge < -0.3 is 10.0 Å². The average molecular weight is 293 g/mol. The second-order valence-electron chi connectivity index (χ2n) is 5.55. The van der Waals surface area contributed by atoms with E-state index in [9.17, 15) is 9.90 Å². The molecule has 0 aliphatic heterocycles. The number of rotatable bonds is 7. The molecule has 0 heterocycles. The summed E-state index contributed by atoms with van der Waals surface area (Å²) >= 11 is 1.70. The number of aryl methyl sites for hydroxylation is 1. The molecule has 1 aromatic carbocycles. The van der Waals surface area contributed by atoms with Crippen LogP contribution in [0.4, 0.5) is 0 Å². The van der Waals surface area contributed by atoms with Gasteiger partial charge in [0.15, 0.2) is 0 Å². The smallest absolute Gasteiger partial charge is 0.232 e. The summed E-state index contributed by atoms with van der Waals surface area (Å²) in [6.07, 6.45) is 2.57. The highest BCUT2D eigenvalue weighted by Gasteiger charge is 2.28. The first-order valence-electron chi connectivity index (χ1n) is 7.19. The van der Waals surface area contributed by atoms with Gasteiger partial charge in [0.1, 0.15) is 0 Å². The van der Waals surface area contributed by atoms with Gasteiger partial charge in [-0.25, -0.2) is 0 Å². The number of nitrogens with zero attached hydrogens (tertiary/aromatic N) is 1. The van der Waals surface area contributed by atoms with Gasteiger partial charge in [0.2, 0.25) is 5.91 Å².